The van der Waals surface area contributed by atoms with Gasteiger partial charge in [0.25, 0.3) is 0 Å². The molecule has 3 fully saturated rings. The average Bonchev–Trinajstić information content (AvgIpc) is 2.71. The Morgan fingerprint density at radius 2 is 1.38 bits per heavy atom. The Hall–Kier alpha value is -0.570. The normalized spacial score (nSPS) is 30.8. The minimum atomic E-state index is 0.313. The summed E-state index contributed by atoms with van der Waals surface area (Å²) in [4.78, 5) is 12.9. The van der Waals surface area contributed by atoms with Gasteiger partial charge in [0.1, 0.15) is 0 Å². The van der Waals surface area contributed by atoms with Crippen molar-refractivity contribution in [2.75, 3.05) is 6.54 Å². The van der Waals surface area contributed by atoms with Crippen LogP contribution in [0.2, 0.25) is 0 Å². The molecular weight excluding hydrogens is 392 g/mol. The molecule has 1 aliphatic heterocycles. The molecule has 1 saturated heterocycles. The van der Waals surface area contributed by atoms with Crippen LogP contribution in [0.15, 0.2) is 0 Å². The van der Waals surface area contributed by atoms with Crippen molar-refractivity contribution in [2.24, 2.45) is 17.3 Å². The number of hydrogen-bond acceptors (Lipinski definition) is 2. The van der Waals surface area contributed by atoms with Crippen LogP contribution in [-0.4, -0.2) is 24.0 Å². The Bertz CT molecular complexity index is 532. The second-order valence-corrected chi connectivity index (χ2v) is 13.0. The summed E-state index contributed by atoms with van der Waals surface area (Å²) in [6, 6.07) is 0.427. The largest absolute Gasteiger partial charge is 0.353 e. The van der Waals surface area contributed by atoms with Crippen molar-refractivity contribution in [2.45, 2.75) is 154 Å². The van der Waals surface area contributed by atoms with Crippen LogP contribution in [0.4, 0.5) is 0 Å². The maximum Gasteiger partial charge on any atom is 0.220 e. The first-order chi connectivity index (χ1) is 15.3. The van der Waals surface area contributed by atoms with Crippen LogP contribution in [0.1, 0.15) is 143 Å². The number of amides is 1. The Morgan fingerprint density at radius 1 is 0.812 bits per heavy atom. The van der Waals surface area contributed by atoms with Gasteiger partial charge >= 0.3 is 0 Å². The number of carbonyl (C=O) groups excluding carboxylic acids is 1. The second kappa shape index (κ2) is 12.8. The van der Waals surface area contributed by atoms with E-state index in [1.54, 1.807) is 0 Å². The Labute approximate surface area is 199 Å². The molecule has 0 radical (unpaired) electrons. The summed E-state index contributed by atoms with van der Waals surface area (Å²) >= 11 is 0. The highest BCUT2D eigenvalue weighted by Gasteiger charge is 2.36. The maximum atomic E-state index is 12.9. The molecule has 2 saturated carbocycles. The highest BCUT2D eigenvalue weighted by molar-refractivity contribution is 5.76. The fourth-order valence-electron chi connectivity index (χ4n) is 7.04. The van der Waals surface area contributed by atoms with E-state index in [0.29, 0.717) is 28.8 Å². The van der Waals surface area contributed by atoms with E-state index < -0.39 is 0 Å². The zero-order valence-corrected chi connectivity index (χ0v) is 21.8. The lowest BCUT2D eigenvalue weighted by Crippen LogP contribution is -2.52. The zero-order chi connectivity index (χ0) is 22.9. The summed E-state index contributed by atoms with van der Waals surface area (Å²) in [6.07, 6.45) is 24.7. The van der Waals surface area contributed by atoms with E-state index in [-0.39, 0.29) is 0 Å². The lowest BCUT2D eigenvalue weighted by Gasteiger charge is -2.43. The van der Waals surface area contributed by atoms with Gasteiger partial charge < -0.3 is 10.6 Å². The van der Waals surface area contributed by atoms with Gasteiger partial charge in [-0.3, -0.25) is 4.79 Å². The first-order valence-electron chi connectivity index (χ1n) is 14.4. The number of rotatable bonds is 4. The fourth-order valence-corrected chi connectivity index (χ4v) is 7.04. The first-order valence-corrected chi connectivity index (χ1v) is 14.4. The summed E-state index contributed by atoms with van der Waals surface area (Å²) in [5, 5.41) is 7.40. The Morgan fingerprint density at radius 3 is 1.94 bits per heavy atom. The summed E-state index contributed by atoms with van der Waals surface area (Å²) in [7, 11) is 0. The van der Waals surface area contributed by atoms with Crippen molar-refractivity contribution in [3.63, 3.8) is 0 Å². The number of hydrogen-bond donors (Lipinski definition) is 2. The molecule has 3 heteroatoms. The number of carbonyl (C=O) groups is 1. The molecule has 1 spiro atoms. The minimum absolute atomic E-state index is 0.313. The molecule has 0 aromatic heterocycles. The van der Waals surface area contributed by atoms with Gasteiger partial charge in [-0.2, -0.15) is 0 Å². The van der Waals surface area contributed by atoms with Gasteiger partial charge in [0.15, 0.2) is 0 Å². The van der Waals surface area contributed by atoms with Crippen molar-refractivity contribution in [1.29, 1.82) is 0 Å². The quantitative estimate of drug-likeness (QED) is 0.468. The summed E-state index contributed by atoms with van der Waals surface area (Å²) in [5.41, 5.74) is 0.743. The van der Waals surface area contributed by atoms with Gasteiger partial charge in [-0.25, -0.2) is 0 Å². The molecule has 0 aromatic carbocycles. The molecule has 3 aliphatic rings. The van der Waals surface area contributed by atoms with Crippen LogP contribution in [0.5, 0.6) is 0 Å². The van der Waals surface area contributed by atoms with Crippen LogP contribution in [0.25, 0.3) is 0 Å². The lowest BCUT2D eigenvalue weighted by atomic mass is 9.74. The topological polar surface area (TPSA) is 41.1 Å². The van der Waals surface area contributed by atoms with Crippen molar-refractivity contribution in [1.82, 2.24) is 10.6 Å². The van der Waals surface area contributed by atoms with Gasteiger partial charge in [0.2, 0.25) is 5.91 Å². The van der Waals surface area contributed by atoms with E-state index in [2.05, 4.69) is 31.4 Å². The Kier molecular flexibility index (Phi) is 10.4. The summed E-state index contributed by atoms with van der Waals surface area (Å²) in [5.74, 6) is 1.76. The SMILES string of the molecule is CC(C)(C)CC1CCC(NC(=O)CC2CCNC3(CCCCCCCCCCC3)C2)CC1. The highest BCUT2D eigenvalue weighted by Crippen LogP contribution is 2.37. The summed E-state index contributed by atoms with van der Waals surface area (Å²) in [6.45, 7) is 8.18. The van der Waals surface area contributed by atoms with E-state index in [4.69, 9.17) is 0 Å². The molecule has 1 amide bonds. The third-order valence-electron chi connectivity index (χ3n) is 8.63. The average molecular weight is 447 g/mol. The van der Waals surface area contributed by atoms with Crippen LogP contribution in [0, 0.1) is 17.3 Å². The standard InChI is InChI=1S/C29H54N2O/c1-28(2,3)22-24-13-15-26(16-14-24)31-27(32)21-25-17-20-30-29(23-25)18-11-9-7-5-4-6-8-10-12-19-29/h24-26,30H,4-23H2,1-3H3,(H,31,32). The monoisotopic (exact) mass is 446 g/mol. The third kappa shape index (κ3) is 9.35. The van der Waals surface area contributed by atoms with E-state index in [0.717, 1.165) is 18.9 Å². The molecular formula is C29H54N2O. The first kappa shape index (κ1) is 26.0. The summed E-state index contributed by atoms with van der Waals surface area (Å²) < 4.78 is 0. The molecule has 1 heterocycles. The molecule has 186 valence electrons. The van der Waals surface area contributed by atoms with Gasteiger partial charge in [-0.1, -0.05) is 78.6 Å². The van der Waals surface area contributed by atoms with E-state index in [1.807, 2.05) is 0 Å². The van der Waals surface area contributed by atoms with E-state index in [1.165, 1.54) is 116 Å². The number of piperidine rings is 1. The predicted molar refractivity (Wildman–Crippen MR) is 137 cm³/mol. The maximum absolute atomic E-state index is 12.9. The predicted octanol–water partition coefficient (Wildman–Crippen LogP) is 7.53. The van der Waals surface area contributed by atoms with Crippen molar-refractivity contribution >= 4 is 5.91 Å². The van der Waals surface area contributed by atoms with Crippen LogP contribution < -0.4 is 10.6 Å². The van der Waals surface area contributed by atoms with Crippen molar-refractivity contribution in [3.8, 4) is 0 Å². The third-order valence-corrected chi connectivity index (χ3v) is 8.63. The molecule has 3 nitrogen and oxygen atoms in total. The van der Waals surface area contributed by atoms with E-state index >= 15 is 0 Å². The lowest BCUT2D eigenvalue weighted by molar-refractivity contribution is -0.123. The van der Waals surface area contributed by atoms with Gasteiger partial charge in [0, 0.05) is 18.0 Å². The fraction of sp³-hybridized carbons (Fsp3) is 0.966. The molecule has 0 aromatic rings. The molecule has 1 atom stereocenters. The zero-order valence-electron chi connectivity index (χ0n) is 21.8. The van der Waals surface area contributed by atoms with Gasteiger partial charge in [-0.05, 0) is 81.6 Å². The van der Waals surface area contributed by atoms with Crippen LogP contribution in [0.3, 0.4) is 0 Å². The molecule has 1 unspecified atom stereocenters. The molecule has 3 rings (SSSR count). The minimum Gasteiger partial charge on any atom is -0.353 e. The molecule has 0 bridgehead atoms. The molecule has 32 heavy (non-hydrogen) atoms. The number of nitrogens with one attached hydrogen (secondary N) is 2. The molecule has 2 N–H and O–H groups in total. The van der Waals surface area contributed by atoms with E-state index in [9.17, 15) is 4.79 Å². The van der Waals surface area contributed by atoms with Gasteiger partial charge in [-0.15, -0.1) is 0 Å². The van der Waals surface area contributed by atoms with Crippen LogP contribution in [-0.2, 0) is 4.79 Å². The highest BCUT2D eigenvalue weighted by atomic mass is 16.1. The van der Waals surface area contributed by atoms with Gasteiger partial charge in [0.05, 0.1) is 0 Å². The van der Waals surface area contributed by atoms with Crippen molar-refractivity contribution in [3.05, 3.63) is 0 Å². The van der Waals surface area contributed by atoms with Crippen LogP contribution >= 0.6 is 0 Å². The Balaban J connectivity index is 1.43. The second-order valence-electron chi connectivity index (χ2n) is 13.0. The molecule has 2 aliphatic carbocycles. The van der Waals surface area contributed by atoms with Crippen molar-refractivity contribution < 1.29 is 4.79 Å². The smallest absolute Gasteiger partial charge is 0.220 e.